The van der Waals surface area contributed by atoms with Crippen LogP contribution in [0.3, 0.4) is 0 Å². The standard InChI is InChI=1S/C22H19NO4/c24-18(27-17-8-7-13-3-1-2-4-14(13)12-17)9-10-23-21(25)19-15-5-6-16(11-15)20(19)22(23)26/h1-8,12,15-16,19-20H,9-11H2/t15-,16-,19+,20+/m1/s1. The third-order valence-corrected chi connectivity index (χ3v) is 6.05. The van der Waals surface area contributed by atoms with E-state index >= 15 is 0 Å². The minimum Gasteiger partial charge on any atom is -0.426 e. The zero-order valence-corrected chi connectivity index (χ0v) is 14.7. The van der Waals surface area contributed by atoms with Crippen molar-refractivity contribution in [2.75, 3.05) is 6.54 Å². The number of likely N-dealkylation sites (tertiary alicyclic amines) is 1. The van der Waals surface area contributed by atoms with Gasteiger partial charge in [-0.2, -0.15) is 0 Å². The van der Waals surface area contributed by atoms with E-state index in [0.29, 0.717) is 5.75 Å². The van der Waals surface area contributed by atoms with Crippen LogP contribution in [-0.4, -0.2) is 29.2 Å². The SMILES string of the molecule is O=C(CCN1C(=O)[C@@H]2[C@@H](C1=O)[C@@H]1C=C[C@@H]2C1)Oc1ccc2ccccc2c1. The Morgan fingerprint density at radius 3 is 2.33 bits per heavy atom. The van der Waals surface area contributed by atoms with Crippen molar-refractivity contribution in [3.8, 4) is 5.75 Å². The van der Waals surface area contributed by atoms with Crippen LogP contribution in [-0.2, 0) is 14.4 Å². The second kappa shape index (κ2) is 6.05. The summed E-state index contributed by atoms with van der Waals surface area (Å²) in [5, 5.41) is 2.06. The number of ether oxygens (including phenoxy) is 1. The van der Waals surface area contributed by atoms with Gasteiger partial charge in [-0.05, 0) is 41.2 Å². The zero-order chi connectivity index (χ0) is 18.5. The molecule has 2 aromatic rings. The number of benzene rings is 2. The average molecular weight is 361 g/mol. The van der Waals surface area contributed by atoms with E-state index in [0.717, 1.165) is 17.2 Å². The molecule has 0 spiro atoms. The number of esters is 1. The van der Waals surface area contributed by atoms with Crippen LogP contribution in [0.1, 0.15) is 12.8 Å². The summed E-state index contributed by atoms with van der Waals surface area (Å²) in [4.78, 5) is 38.7. The largest absolute Gasteiger partial charge is 0.426 e. The number of allylic oxidation sites excluding steroid dienone is 2. The fourth-order valence-corrected chi connectivity index (χ4v) is 4.80. The fraction of sp³-hybridized carbons (Fsp3) is 0.318. The van der Waals surface area contributed by atoms with Crippen molar-refractivity contribution in [2.24, 2.45) is 23.7 Å². The summed E-state index contributed by atoms with van der Waals surface area (Å²) in [5.41, 5.74) is 0. The Bertz CT molecular complexity index is 965. The number of nitrogens with zero attached hydrogens (tertiary/aromatic N) is 1. The molecule has 3 aliphatic rings. The summed E-state index contributed by atoms with van der Waals surface area (Å²) >= 11 is 0. The summed E-state index contributed by atoms with van der Waals surface area (Å²) in [6, 6.07) is 13.3. The highest BCUT2D eigenvalue weighted by molar-refractivity contribution is 6.06. The van der Waals surface area contributed by atoms with Gasteiger partial charge >= 0.3 is 5.97 Å². The maximum Gasteiger partial charge on any atom is 0.312 e. The molecular formula is C22H19NO4. The number of hydrogen-bond acceptors (Lipinski definition) is 4. The van der Waals surface area contributed by atoms with Gasteiger partial charge in [0.15, 0.2) is 0 Å². The summed E-state index contributed by atoms with van der Waals surface area (Å²) < 4.78 is 5.40. The number of amides is 2. The Morgan fingerprint density at radius 2 is 1.63 bits per heavy atom. The van der Waals surface area contributed by atoms with Gasteiger partial charge in [0.25, 0.3) is 0 Å². The second-order valence-electron chi connectivity index (χ2n) is 7.56. The van der Waals surface area contributed by atoms with Crippen LogP contribution in [0.2, 0.25) is 0 Å². The van der Waals surface area contributed by atoms with E-state index in [-0.39, 0.29) is 48.5 Å². The van der Waals surface area contributed by atoms with Crippen molar-refractivity contribution in [3.63, 3.8) is 0 Å². The first-order chi connectivity index (χ1) is 13.1. The van der Waals surface area contributed by atoms with Gasteiger partial charge in [0.05, 0.1) is 18.3 Å². The number of carbonyl (C=O) groups is 3. The van der Waals surface area contributed by atoms with Crippen molar-refractivity contribution in [3.05, 3.63) is 54.6 Å². The van der Waals surface area contributed by atoms with Crippen molar-refractivity contribution >= 4 is 28.6 Å². The molecule has 2 aliphatic carbocycles. The van der Waals surface area contributed by atoms with Gasteiger partial charge in [-0.25, -0.2) is 0 Å². The van der Waals surface area contributed by atoms with Crippen molar-refractivity contribution < 1.29 is 19.1 Å². The maximum absolute atomic E-state index is 12.6. The Hall–Kier alpha value is -2.95. The molecule has 1 saturated carbocycles. The molecule has 2 amide bonds. The van der Waals surface area contributed by atoms with Crippen molar-refractivity contribution in [2.45, 2.75) is 12.8 Å². The van der Waals surface area contributed by atoms with E-state index in [1.165, 1.54) is 4.90 Å². The monoisotopic (exact) mass is 361 g/mol. The molecule has 2 aromatic carbocycles. The van der Waals surface area contributed by atoms with Gasteiger partial charge in [0.2, 0.25) is 11.8 Å². The Morgan fingerprint density at radius 1 is 0.963 bits per heavy atom. The Labute approximate surface area is 156 Å². The number of carbonyl (C=O) groups excluding carboxylic acids is 3. The first kappa shape index (κ1) is 16.2. The molecule has 0 aromatic heterocycles. The highest BCUT2D eigenvalue weighted by atomic mass is 16.5. The lowest BCUT2D eigenvalue weighted by molar-refractivity contribution is -0.142. The molecule has 5 heteroatoms. The van der Waals surface area contributed by atoms with E-state index < -0.39 is 5.97 Å². The molecule has 0 radical (unpaired) electrons. The van der Waals surface area contributed by atoms with Crippen LogP contribution in [0.25, 0.3) is 10.8 Å². The Kier molecular flexibility index (Phi) is 3.64. The van der Waals surface area contributed by atoms with E-state index in [2.05, 4.69) is 12.2 Å². The van der Waals surface area contributed by atoms with E-state index in [1.807, 2.05) is 36.4 Å². The normalized spacial score (nSPS) is 28.2. The molecule has 5 nitrogen and oxygen atoms in total. The van der Waals surface area contributed by atoms with E-state index in [1.54, 1.807) is 6.07 Å². The van der Waals surface area contributed by atoms with E-state index in [9.17, 15) is 14.4 Å². The molecular weight excluding hydrogens is 342 g/mol. The lowest BCUT2D eigenvalue weighted by atomic mass is 9.85. The highest BCUT2D eigenvalue weighted by Gasteiger charge is 2.59. The summed E-state index contributed by atoms with van der Waals surface area (Å²) in [6.07, 6.45) is 5.04. The molecule has 1 saturated heterocycles. The molecule has 1 aliphatic heterocycles. The zero-order valence-electron chi connectivity index (χ0n) is 14.7. The van der Waals surface area contributed by atoms with Gasteiger partial charge in [-0.3, -0.25) is 19.3 Å². The van der Waals surface area contributed by atoms with Gasteiger partial charge in [-0.1, -0.05) is 42.5 Å². The van der Waals surface area contributed by atoms with Crippen molar-refractivity contribution in [1.29, 1.82) is 0 Å². The topological polar surface area (TPSA) is 63.7 Å². The number of hydrogen-bond donors (Lipinski definition) is 0. The van der Waals surface area contributed by atoms with E-state index in [4.69, 9.17) is 4.74 Å². The van der Waals surface area contributed by atoms with Gasteiger partial charge < -0.3 is 4.74 Å². The second-order valence-corrected chi connectivity index (χ2v) is 7.56. The molecule has 2 bridgehead atoms. The van der Waals surface area contributed by atoms with Gasteiger partial charge in [0.1, 0.15) is 5.75 Å². The van der Waals surface area contributed by atoms with Gasteiger partial charge in [-0.15, -0.1) is 0 Å². The minimum absolute atomic E-state index is 0.00646. The average Bonchev–Trinajstić information content (AvgIpc) is 3.35. The third kappa shape index (κ3) is 2.57. The lowest BCUT2D eigenvalue weighted by Gasteiger charge is -2.16. The van der Waals surface area contributed by atoms with Crippen LogP contribution in [0.5, 0.6) is 5.75 Å². The molecule has 2 fully saturated rings. The minimum atomic E-state index is -0.441. The van der Waals surface area contributed by atoms with Crippen molar-refractivity contribution in [1.82, 2.24) is 4.90 Å². The molecule has 5 rings (SSSR count). The number of rotatable bonds is 4. The summed E-state index contributed by atoms with van der Waals surface area (Å²) in [7, 11) is 0. The summed E-state index contributed by atoms with van der Waals surface area (Å²) in [5.74, 6) is -0.286. The lowest BCUT2D eigenvalue weighted by Crippen LogP contribution is -2.35. The maximum atomic E-state index is 12.6. The predicted octanol–water partition coefficient (Wildman–Crippen LogP) is 2.94. The number of imide groups is 1. The Balaban J connectivity index is 1.23. The molecule has 0 N–H and O–H groups in total. The van der Waals surface area contributed by atoms with Crippen LogP contribution in [0.15, 0.2) is 54.6 Å². The van der Waals surface area contributed by atoms with Crippen LogP contribution in [0.4, 0.5) is 0 Å². The van der Waals surface area contributed by atoms with Gasteiger partial charge in [0, 0.05) is 6.54 Å². The fourth-order valence-electron chi connectivity index (χ4n) is 4.80. The number of fused-ring (bicyclic) bond motifs is 6. The first-order valence-electron chi connectivity index (χ1n) is 9.35. The molecule has 4 atom stereocenters. The third-order valence-electron chi connectivity index (χ3n) is 6.05. The molecule has 136 valence electrons. The highest BCUT2D eigenvalue weighted by Crippen LogP contribution is 2.52. The summed E-state index contributed by atoms with van der Waals surface area (Å²) in [6.45, 7) is 0.0938. The molecule has 27 heavy (non-hydrogen) atoms. The first-order valence-corrected chi connectivity index (χ1v) is 9.35. The molecule has 0 unspecified atom stereocenters. The van der Waals surface area contributed by atoms with Crippen LogP contribution < -0.4 is 4.74 Å². The molecule has 1 heterocycles. The quantitative estimate of drug-likeness (QED) is 0.364. The smallest absolute Gasteiger partial charge is 0.312 e. The predicted molar refractivity (Wildman–Crippen MR) is 98.6 cm³/mol. The van der Waals surface area contributed by atoms with Crippen LogP contribution in [0, 0.1) is 23.7 Å². The van der Waals surface area contributed by atoms with Crippen LogP contribution >= 0.6 is 0 Å².